The summed E-state index contributed by atoms with van der Waals surface area (Å²) in [6.45, 7) is 6.22. The van der Waals surface area contributed by atoms with Gasteiger partial charge in [-0.15, -0.1) is 0 Å². The van der Waals surface area contributed by atoms with E-state index >= 15 is 0 Å². The van der Waals surface area contributed by atoms with Crippen LogP contribution in [0.2, 0.25) is 0 Å². The molecule has 1 aromatic heterocycles. The maximum Gasteiger partial charge on any atom is 0.318 e. The number of ether oxygens (including phenoxy) is 1. The zero-order valence-electron chi connectivity index (χ0n) is 13.4. The molecule has 2 atom stereocenters. The predicted octanol–water partition coefficient (Wildman–Crippen LogP) is 2.57. The molecule has 0 aliphatic carbocycles. The fourth-order valence-corrected chi connectivity index (χ4v) is 3.52. The molecule has 0 radical (unpaired) electrons. The minimum Gasteiger partial charge on any atom is -0.376 e. The van der Waals surface area contributed by atoms with Crippen LogP contribution in [0.1, 0.15) is 55.7 Å². The second-order valence-corrected chi connectivity index (χ2v) is 6.13. The van der Waals surface area contributed by atoms with Crippen molar-refractivity contribution in [1.29, 1.82) is 0 Å². The number of hydrogen-bond acceptors (Lipinski definition) is 4. The fourth-order valence-electron chi connectivity index (χ4n) is 3.52. The van der Waals surface area contributed by atoms with Crippen molar-refractivity contribution in [2.24, 2.45) is 0 Å². The fraction of sp³-hybridized carbons (Fsp3) is 0.750. The van der Waals surface area contributed by atoms with Crippen LogP contribution >= 0.6 is 0 Å². The summed E-state index contributed by atoms with van der Waals surface area (Å²) < 4.78 is 11.0. The van der Waals surface area contributed by atoms with Gasteiger partial charge >= 0.3 is 6.03 Å². The molecule has 2 amide bonds. The molecule has 2 aliphatic heterocycles. The lowest BCUT2D eigenvalue weighted by Gasteiger charge is -2.26. The average Bonchev–Trinajstić information content (AvgIpc) is 3.24. The van der Waals surface area contributed by atoms with Gasteiger partial charge in [-0.25, -0.2) is 4.79 Å². The van der Waals surface area contributed by atoms with E-state index in [9.17, 15) is 4.79 Å². The molecule has 3 heterocycles. The molecule has 0 bridgehead atoms. The normalized spacial score (nSPS) is 24.9. The SMILES string of the molecule is CCc1onc(C)c1[C@H]1CCCN1C(=O)NC[C@@H]1CCCO1. The van der Waals surface area contributed by atoms with Gasteiger partial charge in [0, 0.05) is 31.7 Å². The van der Waals surface area contributed by atoms with E-state index in [0.29, 0.717) is 6.54 Å². The molecule has 6 heteroatoms. The van der Waals surface area contributed by atoms with Crippen molar-refractivity contribution in [2.45, 2.75) is 58.1 Å². The number of aryl methyl sites for hydroxylation is 2. The summed E-state index contributed by atoms with van der Waals surface area (Å²) in [5, 5.41) is 7.11. The first-order valence-corrected chi connectivity index (χ1v) is 8.31. The summed E-state index contributed by atoms with van der Waals surface area (Å²) >= 11 is 0. The van der Waals surface area contributed by atoms with Crippen molar-refractivity contribution in [3.63, 3.8) is 0 Å². The highest BCUT2D eigenvalue weighted by Crippen LogP contribution is 2.35. The number of urea groups is 1. The molecule has 2 aliphatic rings. The predicted molar refractivity (Wildman–Crippen MR) is 81.7 cm³/mol. The third-order valence-corrected chi connectivity index (χ3v) is 4.66. The van der Waals surface area contributed by atoms with E-state index in [1.807, 2.05) is 11.8 Å². The highest BCUT2D eigenvalue weighted by Gasteiger charge is 2.34. The average molecular weight is 307 g/mol. The van der Waals surface area contributed by atoms with Crippen LogP contribution in [-0.4, -0.2) is 41.9 Å². The van der Waals surface area contributed by atoms with Crippen LogP contribution in [0.15, 0.2) is 4.52 Å². The Bertz CT molecular complexity index is 523. The lowest BCUT2D eigenvalue weighted by atomic mass is 10.0. The van der Waals surface area contributed by atoms with Crippen LogP contribution < -0.4 is 5.32 Å². The van der Waals surface area contributed by atoms with Gasteiger partial charge in [0.15, 0.2) is 0 Å². The van der Waals surface area contributed by atoms with Gasteiger partial charge in [0.1, 0.15) is 5.76 Å². The van der Waals surface area contributed by atoms with Crippen LogP contribution in [-0.2, 0) is 11.2 Å². The summed E-state index contributed by atoms with van der Waals surface area (Å²) in [5.74, 6) is 0.904. The van der Waals surface area contributed by atoms with E-state index in [1.54, 1.807) is 0 Å². The Hall–Kier alpha value is -1.56. The van der Waals surface area contributed by atoms with Crippen molar-refractivity contribution in [1.82, 2.24) is 15.4 Å². The van der Waals surface area contributed by atoms with Gasteiger partial charge in [-0.05, 0) is 32.6 Å². The Morgan fingerprint density at radius 1 is 1.41 bits per heavy atom. The first kappa shape index (κ1) is 15.3. The third kappa shape index (κ3) is 2.97. The molecule has 0 spiro atoms. The first-order valence-electron chi connectivity index (χ1n) is 8.31. The van der Waals surface area contributed by atoms with Crippen molar-refractivity contribution in [3.8, 4) is 0 Å². The van der Waals surface area contributed by atoms with E-state index in [1.165, 1.54) is 0 Å². The molecule has 2 fully saturated rings. The number of aromatic nitrogens is 1. The third-order valence-electron chi connectivity index (χ3n) is 4.66. The van der Waals surface area contributed by atoms with Gasteiger partial charge in [-0.1, -0.05) is 12.1 Å². The number of hydrogen-bond donors (Lipinski definition) is 1. The molecule has 0 unspecified atom stereocenters. The lowest BCUT2D eigenvalue weighted by molar-refractivity contribution is 0.108. The Balaban J connectivity index is 1.66. The number of nitrogens with one attached hydrogen (secondary N) is 1. The molecule has 2 saturated heterocycles. The van der Waals surface area contributed by atoms with E-state index in [2.05, 4.69) is 17.4 Å². The van der Waals surface area contributed by atoms with Gasteiger partial charge < -0.3 is 19.5 Å². The van der Waals surface area contributed by atoms with Gasteiger partial charge in [0.05, 0.1) is 17.8 Å². The van der Waals surface area contributed by atoms with E-state index in [-0.39, 0.29) is 18.2 Å². The standard InChI is InChI=1S/C16H25N3O3/c1-3-14-15(11(2)18-22-14)13-7-4-8-19(13)16(20)17-10-12-6-5-9-21-12/h12-13H,3-10H2,1-2H3,(H,17,20)/t12-,13+/m0/s1. The monoisotopic (exact) mass is 307 g/mol. The number of carbonyl (C=O) groups excluding carboxylic acids is 1. The quantitative estimate of drug-likeness (QED) is 0.928. The number of carbonyl (C=O) groups is 1. The van der Waals surface area contributed by atoms with Crippen LogP contribution in [0, 0.1) is 6.92 Å². The molecular formula is C16H25N3O3. The molecule has 6 nitrogen and oxygen atoms in total. The van der Waals surface area contributed by atoms with Crippen molar-refractivity contribution in [3.05, 3.63) is 17.0 Å². The van der Waals surface area contributed by atoms with Crippen molar-refractivity contribution >= 4 is 6.03 Å². The highest BCUT2D eigenvalue weighted by atomic mass is 16.5. The summed E-state index contributed by atoms with van der Waals surface area (Å²) in [6, 6.07) is 0.0892. The minimum absolute atomic E-state index is 0.000605. The second kappa shape index (κ2) is 6.69. The minimum atomic E-state index is 0.000605. The molecule has 22 heavy (non-hydrogen) atoms. The Kier molecular flexibility index (Phi) is 4.66. The summed E-state index contributed by atoms with van der Waals surface area (Å²) in [4.78, 5) is 14.5. The lowest BCUT2D eigenvalue weighted by Crippen LogP contribution is -2.42. The van der Waals surface area contributed by atoms with Crippen LogP contribution in [0.25, 0.3) is 0 Å². The molecule has 0 saturated carbocycles. The topological polar surface area (TPSA) is 67.6 Å². The molecule has 1 N–H and O–H groups in total. The van der Waals surface area contributed by atoms with E-state index in [4.69, 9.17) is 9.26 Å². The molecule has 3 rings (SSSR count). The van der Waals surface area contributed by atoms with Crippen LogP contribution in [0.5, 0.6) is 0 Å². The maximum absolute atomic E-state index is 12.5. The molecular weight excluding hydrogens is 282 g/mol. The number of nitrogens with zero attached hydrogens (tertiary/aromatic N) is 2. The zero-order valence-corrected chi connectivity index (χ0v) is 13.4. The van der Waals surface area contributed by atoms with Gasteiger partial charge in [0.2, 0.25) is 0 Å². The highest BCUT2D eigenvalue weighted by molar-refractivity contribution is 5.75. The zero-order chi connectivity index (χ0) is 15.5. The van der Waals surface area contributed by atoms with Crippen LogP contribution in [0.3, 0.4) is 0 Å². The second-order valence-electron chi connectivity index (χ2n) is 6.13. The smallest absolute Gasteiger partial charge is 0.318 e. The molecule has 122 valence electrons. The number of likely N-dealkylation sites (tertiary alicyclic amines) is 1. The maximum atomic E-state index is 12.5. The number of amides is 2. The molecule has 0 aromatic carbocycles. The van der Waals surface area contributed by atoms with Gasteiger partial charge in [-0.2, -0.15) is 0 Å². The summed E-state index contributed by atoms with van der Waals surface area (Å²) in [5.41, 5.74) is 2.01. The number of rotatable bonds is 4. The Morgan fingerprint density at radius 3 is 3.00 bits per heavy atom. The first-order chi connectivity index (χ1) is 10.7. The summed E-state index contributed by atoms with van der Waals surface area (Å²) in [6.07, 6.45) is 5.10. The summed E-state index contributed by atoms with van der Waals surface area (Å²) in [7, 11) is 0. The van der Waals surface area contributed by atoms with Gasteiger partial charge in [-0.3, -0.25) is 0 Å². The van der Waals surface area contributed by atoms with Crippen molar-refractivity contribution in [2.75, 3.05) is 19.7 Å². The molecule has 1 aromatic rings. The Morgan fingerprint density at radius 2 is 2.27 bits per heavy atom. The van der Waals surface area contributed by atoms with Gasteiger partial charge in [0.25, 0.3) is 0 Å². The Labute approximate surface area is 131 Å². The largest absolute Gasteiger partial charge is 0.376 e. The van der Waals surface area contributed by atoms with Crippen molar-refractivity contribution < 1.29 is 14.1 Å². The van der Waals surface area contributed by atoms with E-state index in [0.717, 1.165) is 62.3 Å². The van der Waals surface area contributed by atoms with Crippen LogP contribution in [0.4, 0.5) is 4.79 Å². The van der Waals surface area contributed by atoms with E-state index < -0.39 is 0 Å².